The Morgan fingerprint density at radius 3 is 2.21 bits per heavy atom. The van der Waals surface area contributed by atoms with Crippen LogP contribution < -0.4 is 0 Å². The van der Waals surface area contributed by atoms with Crippen LogP contribution in [0.15, 0.2) is 42.5 Å². The maximum absolute atomic E-state index is 13.7. The van der Waals surface area contributed by atoms with Crippen molar-refractivity contribution in [1.82, 2.24) is 9.80 Å². The third kappa shape index (κ3) is 3.54. The van der Waals surface area contributed by atoms with E-state index >= 15 is 0 Å². The number of phenolic OH excluding ortho intramolecular Hbond substituents is 1. The number of rotatable bonds is 4. The van der Waals surface area contributed by atoms with Gasteiger partial charge in [0.2, 0.25) is 5.91 Å². The Hall–Kier alpha value is -3.68. The summed E-state index contributed by atoms with van der Waals surface area (Å²) in [4.78, 5) is 54.5. The molecule has 3 aliphatic rings. The van der Waals surface area contributed by atoms with E-state index in [1.807, 2.05) is 0 Å². The number of hydrogen-bond donors (Lipinski definition) is 2. The fourth-order valence-corrected chi connectivity index (χ4v) is 5.71. The summed E-state index contributed by atoms with van der Waals surface area (Å²) in [5.41, 5.74) is 2.02. The normalized spacial score (nSPS) is 24.1. The predicted octanol–water partition coefficient (Wildman–Crippen LogP) is 3.01. The van der Waals surface area contributed by atoms with E-state index in [1.165, 1.54) is 0 Å². The third-order valence-electron chi connectivity index (χ3n) is 7.44. The molecule has 0 unspecified atom stereocenters. The van der Waals surface area contributed by atoms with Gasteiger partial charge < -0.3 is 15.1 Å². The van der Waals surface area contributed by atoms with Crippen molar-refractivity contribution in [3.8, 4) is 5.75 Å². The number of carbonyl (C=O) groups is 4. The van der Waals surface area contributed by atoms with Crippen LogP contribution in [0.3, 0.4) is 0 Å². The highest BCUT2D eigenvalue weighted by Crippen LogP contribution is 2.40. The molecule has 2 heterocycles. The quantitative estimate of drug-likeness (QED) is 0.675. The topological polar surface area (TPSA) is 115 Å². The number of nitrogens with zero attached hydrogens (tertiary/aromatic N) is 2. The molecule has 0 radical (unpaired) electrons. The molecule has 8 nitrogen and oxygen atoms in total. The average molecular weight is 463 g/mol. The molecule has 3 atom stereocenters. The minimum absolute atomic E-state index is 0.0565. The molecule has 2 aromatic rings. The van der Waals surface area contributed by atoms with Crippen LogP contribution in [0.25, 0.3) is 0 Å². The number of amides is 3. The summed E-state index contributed by atoms with van der Waals surface area (Å²) in [7, 11) is 0. The molecular formula is C26H26N2O6. The van der Waals surface area contributed by atoms with Crippen LogP contribution >= 0.6 is 0 Å². The number of carboxylic acid groups (broad SMARTS) is 1. The highest BCUT2D eigenvalue weighted by Gasteiger charge is 2.44. The minimum atomic E-state index is -0.968. The predicted molar refractivity (Wildman–Crippen MR) is 121 cm³/mol. The number of fused-ring (bicyclic) bond motifs is 2. The maximum Gasteiger partial charge on any atom is 0.307 e. The van der Waals surface area contributed by atoms with Crippen LogP contribution in [0.4, 0.5) is 0 Å². The van der Waals surface area contributed by atoms with E-state index in [0.717, 1.165) is 17.7 Å². The molecule has 0 bridgehead atoms. The van der Waals surface area contributed by atoms with Gasteiger partial charge in [-0.05, 0) is 43.0 Å². The number of aliphatic carboxylic acids is 1. The van der Waals surface area contributed by atoms with Gasteiger partial charge in [-0.2, -0.15) is 0 Å². The highest BCUT2D eigenvalue weighted by molar-refractivity contribution is 6.21. The van der Waals surface area contributed by atoms with Gasteiger partial charge in [-0.1, -0.05) is 37.1 Å². The Bertz CT molecular complexity index is 1160. The van der Waals surface area contributed by atoms with Gasteiger partial charge in [0, 0.05) is 12.1 Å². The summed E-state index contributed by atoms with van der Waals surface area (Å²) >= 11 is 0. The molecule has 0 aromatic heterocycles. The number of aromatic hydroxyl groups is 1. The Balaban J connectivity index is 1.51. The second-order valence-electron chi connectivity index (χ2n) is 9.24. The fraction of sp³-hybridized carbons (Fsp3) is 0.385. The second kappa shape index (κ2) is 8.59. The smallest absolute Gasteiger partial charge is 0.307 e. The number of benzene rings is 2. The van der Waals surface area contributed by atoms with Gasteiger partial charge in [0.05, 0.1) is 35.5 Å². The molecule has 1 saturated carbocycles. The highest BCUT2D eigenvalue weighted by atomic mass is 16.4. The standard InChI is InChI=1S/C26H26N2O6/c29-22-11-5-10-15-16(22)12-13-27(23(30)19-8-3-4-9-20(19)26(33)34)21(15)14-28-24(31)17-6-1-2-7-18(17)25(28)32/h1-2,5-7,10-11,19-21,29H,3-4,8-9,12-14H2,(H,33,34)/t19-,20+,21-/m1/s1. The van der Waals surface area contributed by atoms with Crippen molar-refractivity contribution in [2.24, 2.45) is 11.8 Å². The number of hydrogen-bond acceptors (Lipinski definition) is 5. The zero-order chi connectivity index (χ0) is 24.0. The van der Waals surface area contributed by atoms with Gasteiger partial charge in [-0.15, -0.1) is 0 Å². The first kappa shape index (κ1) is 22.1. The van der Waals surface area contributed by atoms with Crippen molar-refractivity contribution in [1.29, 1.82) is 0 Å². The molecule has 2 N–H and O–H groups in total. The molecule has 3 amide bonds. The summed E-state index contributed by atoms with van der Waals surface area (Å²) in [6.07, 6.45) is 2.93. The van der Waals surface area contributed by atoms with Gasteiger partial charge in [0.25, 0.3) is 11.8 Å². The van der Waals surface area contributed by atoms with Crippen LogP contribution in [-0.4, -0.2) is 56.8 Å². The largest absolute Gasteiger partial charge is 0.508 e. The Morgan fingerprint density at radius 1 is 0.912 bits per heavy atom. The molecule has 0 saturated heterocycles. The lowest BCUT2D eigenvalue weighted by Gasteiger charge is -2.42. The van der Waals surface area contributed by atoms with Crippen molar-refractivity contribution >= 4 is 23.7 Å². The monoisotopic (exact) mass is 462 g/mol. The Labute approximate surface area is 196 Å². The van der Waals surface area contributed by atoms with Crippen LogP contribution in [0.1, 0.15) is 63.6 Å². The van der Waals surface area contributed by atoms with E-state index in [2.05, 4.69) is 0 Å². The molecule has 8 heteroatoms. The van der Waals surface area contributed by atoms with Gasteiger partial charge in [0.15, 0.2) is 0 Å². The fourth-order valence-electron chi connectivity index (χ4n) is 5.71. The molecule has 1 aliphatic carbocycles. The molecule has 2 aliphatic heterocycles. The molecule has 176 valence electrons. The van der Waals surface area contributed by atoms with Crippen molar-refractivity contribution in [2.45, 2.75) is 38.1 Å². The summed E-state index contributed by atoms with van der Waals surface area (Å²) in [6, 6.07) is 11.0. The van der Waals surface area contributed by atoms with E-state index < -0.39 is 35.7 Å². The van der Waals surface area contributed by atoms with E-state index in [-0.39, 0.29) is 24.7 Å². The van der Waals surface area contributed by atoms with Crippen molar-refractivity contribution in [3.63, 3.8) is 0 Å². The van der Waals surface area contributed by atoms with Gasteiger partial charge in [-0.25, -0.2) is 0 Å². The average Bonchev–Trinajstić information content (AvgIpc) is 3.09. The van der Waals surface area contributed by atoms with Gasteiger partial charge in [0.1, 0.15) is 5.75 Å². The zero-order valence-corrected chi connectivity index (χ0v) is 18.6. The van der Waals surface area contributed by atoms with E-state index in [9.17, 15) is 29.4 Å². The molecule has 34 heavy (non-hydrogen) atoms. The molecule has 1 fully saturated rings. The van der Waals surface area contributed by atoms with Crippen LogP contribution in [-0.2, 0) is 16.0 Å². The van der Waals surface area contributed by atoms with Crippen LogP contribution in [0, 0.1) is 11.8 Å². The summed E-state index contributed by atoms with van der Waals surface area (Å²) in [5.74, 6) is -3.34. The van der Waals surface area contributed by atoms with Crippen LogP contribution in [0.5, 0.6) is 5.75 Å². The first-order chi connectivity index (χ1) is 16.4. The second-order valence-corrected chi connectivity index (χ2v) is 9.24. The van der Waals surface area contributed by atoms with E-state index in [0.29, 0.717) is 41.5 Å². The summed E-state index contributed by atoms with van der Waals surface area (Å²) in [6.45, 7) is 0.221. The summed E-state index contributed by atoms with van der Waals surface area (Å²) in [5, 5.41) is 20.2. The third-order valence-corrected chi connectivity index (χ3v) is 7.44. The van der Waals surface area contributed by atoms with E-state index in [4.69, 9.17) is 0 Å². The molecular weight excluding hydrogens is 436 g/mol. The molecule has 5 rings (SSSR count). The molecule has 2 aromatic carbocycles. The Kier molecular flexibility index (Phi) is 5.59. The summed E-state index contributed by atoms with van der Waals surface area (Å²) < 4.78 is 0. The van der Waals surface area contributed by atoms with Gasteiger partial charge >= 0.3 is 5.97 Å². The van der Waals surface area contributed by atoms with Crippen molar-refractivity contribution in [2.75, 3.05) is 13.1 Å². The lowest BCUT2D eigenvalue weighted by atomic mass is 9.77. The SMILES string of the molecule is O=C(O)[C@H]1CCCC[C@H]1C(=O)N1CCc2c(O)cccc2[C@H]1CN1C(=O)c2ccccc2C1=O. The van der Waals surface area contributed by atoms with E-state index in [1.54, 1.807) is 47.4 Å². The number of imide groups is 1. The maximum atomic E-state index is 13.7. The van der Waals surface area contributed by atoms with Crippen molar-refractivity contribution in [3.05, 3.63) is 64.7 Å². The lowest BCUT2D eigenvalue weighted by molar-refractivity contribution is -0.153. The Morgan fingerprint density at radius 2 is 1.56 bits per heavy atom. The zero-order valence-electron chi connectivity index (χ0n) is 18.6. The number of phenols is 1. The number of carboxylic acids is 1. The first-order valence-corrected chi connectivity index (χ1v) is 11.7. The van der Waals surface area contributed by atoms with Gasteiger partial charge in [-0.3, -0.25) is 24.1 Å². The first-order valence-electron chi connectivity index (χ1n) is 11.7. The lowest BCUT2D eigenvalue weighted by Crippen LogP contribution is -2.50. The van der Waals surface area contributed by atoms with Crippen LogP contribution in [0.2, 0.25) is 0 Å². The number of carbonyl (C=O) groups excluding carboxylic acids is 3. The minimum Gasteiger partial charge on any atom is -0.508 e. The van der Waals surface area contributed by atoms with Crippen molar-refractivity contribution < 1.29 is 29.4 Å². The molecule has 0 spiro atoms.